The minimum absolute atomic E-state index is 0.577. The Kier molecular flexibility index (Phi) is 7.07. The van der Waals surface area contributed by atoms with E-state index in [9.17, 15) is 0 Å². The molecule has 0 aliphatic carbocycles. The van der Waals surface area contributed by atoms with Gasteiger partial charge in [-0.3, -0.25) is 4.99 Å². The highest BCUT2D eigenvalue weighted by Crippen LogP contribution is 2.19. The van der Waals surface area contributed by atoms with Crippen molar-refractivity contribution in [1.29, 1.82) is 0 Å². The van der Waals surface area contributed by atoms with Crippen LogP contribution in [0.1, 0.15) is 23.6 Å². The molecule has 0 spiro atoms. The van der Waals surface area contributed by atoms with E-state index >= 15 is 0 Å². The second-order valence-electron chi connectivity index (χ2n) is 5.50. The Morgan fingerprint density at radius 2 is 1.92 bits per heavy atom. The van der Waals surface area contributed by atoms with Crippen LogP contribution in [0.3, 0.4) is 0 Å². The average molecular weight is 342 g/mol. The van der Waals surface area contributed by atoms with Crippen LogP contribution in [0.4, 0.5) is 0 Å². The highest BCUT2D eigenvalue weighted by Gasteiger charge is 2.07. The predicted octanol–water partition coefficient (Wildman–Crippen LogP) is 2.66. The number of methoxy groups -OCH3 is 1. The quantitative estimate of drug-likeness (QED) is 0.598. The summed E-state index contributed by atoms with van der Waals surface area (Å²) in [6.07, 6.45) is 1.73. The van der Waals surface area contributed by atoms with Gasteiger partial charge in [-0.1, -0.05) is 18.2 Å². The molecule has 1 aromatic carbocycles. The van der Waals surface area contributed by atoms with Gasteiger partial charge in [0.05, 0.1) is 13.7 Å². The van der Waals surface area contributed by atoms with Crippen molar-refractivity contribution in [2.24, 2.45) is 4.99 Å². The molecule has 0 amide bonds. The topological polar surface area (TPSA) is 67.8 Å². The summed E-state index contributed by atoms with van der Waals surface area (Å²) < 4.78 is 11.0. The van der Waals surface area contributed by atoms with Crippen LogP contribution in [0, 0.1) is 6.92 Å². The molecule has 134 valence electrons. The summed E-state index contributed by atoms with van der Waals surface area (Å²) in [5.41, 5.74) is 3.23. The molecule has 0 unspecified atom stereocenters. The van der Waals surface area contributed by atoms with E-state index in [1.807, 2.05) is 32.0 Å². The number of aryl methyl sites for hydroxylation is 1. The van der Waals surface area contributed by atoms with Gasteiger partial charge in [0.25, 0.3) is 0 Å². The fourth-order valence-corrected chi connectivity index (χ4v) is 2.40. The fourth-order valence-electron chi connectivity index (χ4n) is 2.40. The fraction of sp³-hybridized carbons (Fsp3) is 0.368. The standard InChI is InChI=1S/C19H26N4O2/c1-5-25-18-16(7-6-10-21-18)13-23-19(20-3)22-12-15-9-8-14(2)11-17(15)24-4/h6-11H,5,12-13H2,1-4H3,(H2,20,22,23). The van der Waals surface area contributed by atoms with Gasteiger partial charge in [0.1, 0.15) is 5.75 Å². The molecule has 0 aliphatic heterocycles. The molecule has 6 nitrogen and oxygen atoms in total. The first kappa shape index (κ1) is 18.6. The molecular formula is C19H26N4O2. The first-order valence-corrected chi connectivity index (χ1v) is 8.32. The van der Waals surface area contributed by atoms with E-state index < -0.39 is 0 Å². The van der Waals surface area contributed by atoms with E-state index in [-0.39, 0.29) is 0 Å². The Balaban J connectivity index is 1.96. The van der Waals surface area contributed by atoms with Crippen molar-refractivity contribution in [1.82, 2.24) is 15.6 Å². The molecule has 0 atom stereocenters. The summed E-state index contributed by atoms with van der Waals surface area (Å²) in [6, 6.07) is 10.0. The molecular weight excluding hydrogens is 316 g/mol. The van der Waals surface area contributed by atoms with Crippen LogP contribution >= 0.6 is 0 Å². The number of pyridine rings is 1. The average Bonchev–Trinajstić information content (AvgIpc) is 2.64. The smallest absolute Gasteiger partial charge is 0.218 e. The van der Waals surface area contributed by atoms with Gasteiger partial charge in [-0.2, -0.15) is 0 Å². The Bertz CT molecular complexity index is 716. The van der Waals surface area contributed by atoms with Gasteiger partial charge in [-0.15, -0.1) is 0 Å². The minimum atomic E-state index is 0.577. The molecule has 0 aliphatic rings. The van der Waals surface area contributed by atoms with Gasteiger partial charge in [-0.25, -0.2) is 4.98 Å². The number of aromatic nitrogens is 1. The molecule has 2 N–H and O–H groups in total. The largest absolute Gasteiger partial charge is 0.496 e. The lowest BCUT2D eigenvalue weighted by molar-refractivity contribution is 0.322. The normalized spacial score (nSPS) is 11.1. The van der Waals surface area contributed by atoms with E-state index in [1.54, 1.807) is 20.4 Å². The number of benzene rings is 1. The molecule has 0 saturated carbocycles. The highest BCUT2D eigenvalue weighted by atomic mass is 16.5. The first-order valence-electron chi connectivity index (χ1n) is 8.32. The Morgan fingerprint density at radius 1 is 1.16 bits per heavy atom. The summed E-state index contributed by atoms with van der Waals surface area (Å²) in [6.45, 7) is 5.78. The Labute approximate surface area is 149 Å². The number of hydrogen-bond donors (Lipinski definition) is 2. The molecule has 2 aromatic rings. The first-order chi connectivity index (χ1) is 12.2. The molecule has 2 rings (SSSR count). The molecule has 1 heterocycles. The summed E-state index contributed by atoms with van der Waals surface area (Å²) in [5.74, 6) is 2.22. The number of hydrogen-bond acceptors (Lipinski definition) is 4. The van der Waals surface area contributed by atoms with Gasteiger partial charge in [0, 0.05) is 37.5 Å². The number of ether oxygens (including phenoxy) is 2. The third-order valence-corrected chi connectivity index (χ3v) is 3.69. The van der Waals surface area contributed by atoms with E-state index in [4.69, 9.17) is 9.47 Å². The van der Waals surface area contributed by atoms with Crippen molar-refractivity contribution in [3.8, 4) is 11.6 Å². The van der Waals surface area contributed by atoms with E-state index in [1.165, 1.54) is 5.56 Å². The second-order valence-corrected chi connectivity index (χ2v) is 5.50. The maximum absolute atomic E-state index is 5.55. The third-order valence-electron chi connectivity index (χ3n) is 3.69. The lowest BCUT2D eigenvalue weighted by Crippen LogP contribution is -2.36. The second kappa shape index (κ2) is 9.52. The number of guanidine groups is 1. The number of aliphatic imine (C=N–C) groups is 1. The van der Waals surface area contributed by atoms with Crippen LogP contribution in [0.2, 0.25) is 0 Å². The summed E-state index contributed by atoms with van der Waals surface area (Å²) in [4.78, 5) is 8.52. The van der Waals surface area contributed by atoms with E-state index in [0.717, 1.165) is 16.9 Å². The monoisotopic (exact) mass is 342 g/mol. The van der Waals surface area contributed by atoms with Crippen molar-refractivity contribution >= 4 is 5.96 Å². The Morgan fingerprint density at radius 3 is 2.60 bits per heavy atom. The Hall–Kier alpha value is -2.76. The number of nitrogens with one attached hydrogen (secondary N) is 2. The van der Waals surface area contributed by atoms with Crippen LogP contribution in [-0.2, 0) is 13.1 Å². The van der Waals surface area contributed by atoms with Gasteiger partial charge in [-0.05, 0) is 31.5 Å². The molecule has 0 radical (unpaired) electrons. The molecule has 0 bridgehead atoms. The minimum Gasteiger partial charge on any atom is -0.496 e. The van der Waals surface area contributed by atoms with Crippen LogP contribution in [0.5, 0.6) is 11.6 Å². The SMILES string of the molecule is CCOc1ncccc1CNC(=NC)NCc1ccc(C)cc1OC. The lowest BCUT2D eigenvalue weighted by Gasteiger charge is -2.15. The van der Waals surface area contributed by atoms with E-state index in [2.05, 4.69) is 32.7 Å². The number of rotatable bonds is 7. The maximum atomic E-state index is 5.55. The van der Waals surface area contributed by atoms with Gasteiger partial charge in [0.15, 0.2) is 5.96 Å². The maximum Gasteiger partial charge on any atom is 0.218 e. The number of nitrogens with zero attached hydrogens (tertiary/aromatic N) is 2. The summed E-state index contributed by atoms with van der Waals surface area (Å²) >= 11 is 0. The van der Waals surface area contributed by atoms with Crippen molar-refractivity contribution in [3.05, 3.63) is 53.2 Å². The summed E-state index contributed by atoms with van der Waals surface area (Å²) in [7, 11) is 3.43. The van der Waals surface area contributed by atoms with Gasteiger partial charge >= 0.3 is 0 Å². The molecule has 6 heteroatoms. The molecule has 25 heavy (non-hydrogen) atoms. The van der Waals surface area contributed by atoms with Crippen molar-refractivity contribution < 1.29 is 9.47 Å². The van der Waals surface area contributed by atoms with Crippen LogP contribution in [-0.4, -0.2) is 31.7 Å². The molecule has 0 saturated heterocycles. The zero-order valence-corrected chi connectivity index (χ0v) is 15.3. The highest BCUT2D eigenvalue weighted by molar-refractivity contribution is 5.79. The van der Waals surface area contributed by atoms with Crippen molar-refractivity contribution in [2.45, 2.75) is 26.9 Å². The third kappa shape index (κ3) is 5.38. The van der Waals surface area contributed by atoms with E-state index in [0.29, 0.717) is 31.5 Å². The van der Waals surface area contributed by atoms with Gasteiger partial charge in [0.2, 0.25) is 5.88 Å². The van der Waals surface area contributed by atoms with Gasteiger partial charge < -0.3 is 20.1 Å². The predicted molar refractivity (Wildman–Crippen MR) is 100 cm³/mol. The molecule has 0 fully saturated rings. The van der Waals surface area contributed by atoms with Crippen molar-refractivity contribution in [2.75, 3.05) is 20.8 Å². The van der Waals surface area contributed by atoms with Crippen LogP contribution in [0.25, 0.3) is 0 Å². The lowest BCUT2D eigenvalue weighted by atomic mass is 10.1. The molecule has 1 aromatic heterocycles. The zero-order valence-electron chi connectivity index (χ0n) is 15.3. The van der Waals surface area contributed by atoms with Crippen molar-refractivity contribution in [3.63, 3.8) is 0 Å². The van der Waals surface area contributed by atoms with Crippen LogP contribution in [0.15, 0.2) is 41.5 Å². The zero-order chi connectivity index (χ0) is 18.1. The van der Waals surface area contributed by atoms with Crippen LogP contribution < -0.4 is 20.1 Å². The summed E-state index contributed by atoms with van der Waals surface area (Å²) in [5, 5.41) is 6.58.